The number of anilines is 1. The monoisotopic (exact) mass is 300 g/mol. The maximum absolute atomic E-state index is 11.6. The summed E-state index contributed by atoms with van der Waals surface area (Å²) in [5, 5.41) is 9.53. The van der Waals surface area contributed by atoms with E-state index >= 15 is 0 Å². The molecule has 8 nitrogen and oxygen atoms in total. The Kier molecular flexibility index (Phi) is 3.65. The van der Waals surface area contributed by atoms with E-state index in [-0.39, 0.29) is 6.03 Å². The summed E-state index contributed by atoms with van der Waals surface area (Å²) >= 11 is 0. The van der Waals surface area contributed by atoms with Crippen LogP contribution in [-0.4, -0.2) is 39.4 Å². The number of fused-ring (bicyclic) bond motifs is 1. The van der Waals surface area contributed by atoms with Gasteiger partial charge in [0.2, 0.25) is 5.95 Å². The second-order valence-electron chi connectivity index (χ2n) is 4.56. The van der Waals surface area contributed by atoms with Gasteiger partial charge in [-0.05, 0) is 13.0 Å². The van der Waals surface area contributed by atoms with Crippen LogP contribution in [0.15, 0.2) is 30.6 Å². The molecule has 0 saturated heterocycles. The Balaban J connectivity index is 2.06. The number of carbonyl (C=O) groups is 1. The van der Waals surface area contributed by atoms with Crippen molar-refractivity contribution >= 4 is 23.0 Å². The van der Waals surface area contributed by atoms with Gasteiger partial charge in [0.05, 0.1) is 18.3 Å². The molecule has 0 unspecified atom stereocenters. The number of hydrogen-bond acceptors (Lipinski definition) is 4. The van der Waals surface area contributed by atoms with Gasteiger partial charge in [0.15, 0.2) is 0 Å². The molecule has 3 rings (SSSR count). The maximum Gasteiger partial charge on any atom is 0.321 e. The molecular weight excluding hydrogens is 284 g/mol. The van der Waals surface area contributed by atoms with Crippen LogP contribution in [0.5, 0.6) is 5.75 Å². The Hall–Kier alpha value is -3.03. The highest BCUT2D eigenvalue weighted by Gasteiger charge is 2.13. The molecule has 0 fully saturated rings. The standard InChI is InChI=1S/C14H16N6O2/c1-3-15-14(21)19-13-17-10-7-9(22-2)8-11(12(10)18-13)20-6-4-5-16-20/h4-8H,3H2,1-2H3,(H3,15,17,18,19,21). The third kappa shape index (κ3) is 2.58. The van der Waals surface area contributed by atoms with Crippen LogP contribution < -0.4 is 15.4 Å². The average molecular weight is 300 g/mol. The zero-order valence-electron chi connectivity index (χ0n) is 12.3. The van der Waals surface area contributed by atoms with Crippen molar-refractivity contribution in [3.05, 3.63) is 30.6 Å². The number of aromatic amines is 1. The SMILES string of the molecule is CCNC(=O)Nc1nc2c(-n3cccn3)cc(OC)cc2[nH]1. The van der Waals surface area contributed by atoms with Crippen LogP contribution in [0.2, 0.25) is 0 Å². The lowest BCUT2D eigenvalue weighted by Crippen LogP contribution is -2.28. The van der Waals surface area contributed by atoms with Crippen molar-refractivity contribution < 1.29 is 9.53 Å². The zero-order valence-corrected chi connectivity index (χ0v) is 12.3. The first-order valence-electron chi connectivity index (χ1n) is 6.84. The van der Waals surface area contributed by atoms with E-state index in [4.69, 9.17) is 4.74 Å². The van der Waals surface area contributed by atoms with E-state index in [1.165, 1.54) is 0 Å². The molecule has 0 bridgehead atoms. The number of methoxy groups -OCH3 is 1. The second-order valence-corrected chi connectivity index (χ2v) is 4.56. The van der Waals surface area contributed by atoms with Crippen LogP contribution in [-0.2, 0) is 0 Å². The van der Waals surface area contributed by atoms with Crippen molar-refractivity contribution in [2.75, 3.05) is 19.0 Å². The molecule has 0 aliphatic heterocycles. The van der Waals surface area contributed by atoms with Crippen LogP contribution in [0.3, 0.4) is 0 Å². The summed E-state index contributed by atoms with van der Waals surface area (Å²) in [6.07, 6.45) is 3.51. The second kappa shape index (κ2) is 5.76. The molecule has 114 valence electrons. The number of benzene rings is 1. The van der Waals surface area contributed by atoms with Gasteiger partial charge in [-0.15, -0.1) is 0 Å². The van der Waals surface area contributed by atoms with Gasteiger partial charge >= 0.3 is 6.03 Å². The van der Waals surface area contributed by atoms with Gasteiger partial charge in [-0.2, -0.15) is 5.10 Å². The fraction of sp³-hybridized carbons (Fsp3) is 0.214. The smallest absolute Gasteiger partial charge is 0.321 e. The molecule has 3 N–H and O–H groups in total. The average Bonchev–Trinajstić information content (AvgIpc) is 3.15. The highest BCUT2D eigenvalue weighted by atomic mass is 16.5. The van der Waals surface area contributed by atoms with Crippen molar-refractivity contribution in [3.8, 4) is 11.4 Å². The van der Waals surface area contributed by atoms with Crippen molar-refractivity contribution in [1.82, 2.24) is 25.1 Å². The van der Waals surface area contributed by atoms with Gasteiger partial charge in [-0.25, -0.2) is 14.5 Å². The highest BCUT2D eigenvalue weighted by Crippen LogP contribution is 2.27. The zero-order chi connectivity index (χ0) is 15.5. The van der Waals surface area contributed by atoms with Gasteiger partial charge < -0.3 is 15.0 Å². The van der Waals surface area contributed by atoms with Gasteiger partial charge in [-0.3, -0.25) is 5.32 Å². The molecule has 0 radical (unpaired) electrons. The molecule has 0 aliphatic rings. The first-order chi connectivity index (χ1) is 10.7. The fourth-order valence-corrected chi connectivity index (χ4v) is 2.15. The molecule has 0 saturated carbocycles. The minimum atomic E-state index is -0.311. The quantitative estimate of drug-likeness (QED) is 0.685. The van der Waals surface area contributed by atoms with Crippen LogP contribution in [0.1, 0.15) is 6.92 Å². The van der Waals surface area contributed by atoms with Crippen LogP contribution in [0.25, 0.3) is 16.7 Å². The van der Waals surface area contributed by atoms with E-state index in [0.717, 1.165) is 11.2 Å². The molecule has 1 aromatic carbocycles. The summed E-state index contributed by atoms with van der Waals surface area (Å²) in [5.41, 5.74) is 2.20. The summed E-state index contributed by atoms with van der Waals surface area (Å²) in [6, 6.07) is 5.17. The number of ether oxygens (including phenoxy) is 1. The van der Waals surface area contributed by atoms with Crippen molar-refractivity contribution in [2.24, 2.45) is 0 Å². The number of carbonyl (C=O) groups excluding carboxylic acids is 1. The summed E-state index contributed by atoms with van der Waals surface area (Å²) in [7, 11) is 1.60. The van der Waals surface area contributed by atoms with Crippen molar-refractivity contribution in [2.45, 2.75) is 6.92 Å². The third-order valence-electron chi connectivity index (χ3n) is 3.10. The molecule has 0 aliphatic carbocycles. The third-order valence-corrected chi connectivity index (χ3v) is 3.10. The maximum atomic E-state index is 11.6. The molecule has 22 heavy (non-hydrogen) atoms. The number of rotatable bonds is 4. The van der Waals surface area contributed by atoms with Gasteiger partial charge in [0.25, 0.3) is 0 Å². The molecule has 0 atom stereocenters. The van der Waals surface area contributed by atoms with Crippen molar-refractivity contribution in [1.29, 1.82) is 0 Å². The minimum Gasteiger partial charge on any atom is -0.497 e. The molecule has 8 heteroatoms. The summed E-state index contributed by atoms with van der Waals surface area (Å²) < 4.78 is 7.00. The minimum absolute atomic E-state index is 0.311. The Morgan fingerprint density at radius 3 is 3.00 bits per heavy atom. The molecule has 2 amide bonds. The van der Waals surface area contributed by atoms with E-state index in [9.17, 15) is 4.79 Å². The number of imidazole rings is 1. The first kappa shape index (κ1) is 13.9. The Morgan fingerprint density at radius 1 is 1.45 bits per heavy atom. The van der Waals surface area contributed by atoms with E-state index < -0.39 is 0 Å². The molecule has 2 heterocycles. The lowest BCUT2D eigenvalue weighted by molar-refractivity contribution is 0.252. The predicted molar refractivity (Wildman–Crippen MR) is 82.5 cm³/mol. The lowest BCUT2D eigenvalue weighted by Gasteiger charge is -2.05. The number of nitrogens with zero attached hydrogens (tertiary/aromatic N) is 3. The number of hydrogen-bond donors (Lipinski definition) is 3. The van der Waals surface area contributed by atoms with E-state index in [1.807, 2.05) is 31.3 Å². The topological polar surface area (TPSA) is 96.9 Å². The summed E-state index contributed by atoms with van der Waals surface area (Å²) in [5.74, 6) is 1.04. The number of nitrogens with one attached hydrogen (secondary N) is 3. The van der Waals surface area contributed by atoms with E-state index in [0.29, 0.717) is 23.8 Å². The molecule has 2 aromatic heterocycles. The summed E-state index contributed by atoms with van der Waals surface area (Å²) in [4.78, 5) is 19.1. The van der Waals surface area contributed by atoms with Crippen LogP contribution >= 0.6 is 0 Å². The largest absolute Gasteiger partial charge is 0.497 e. The van der Waals surface area contributed by atoms with Gasteiger partial charge in [0, 0.05) is 31.1 Å². The number of aromatic nitrogens is 4. The number of H-pyrrole nitrogens is 1. The van der Waals surface area contributed by atoms with E-state index in [1.54, 1.807) is 18.0 Å². The molecular formula is C14H16N6O2. The van der Waals surface area contributed by atoms with Gasteiger partial charge in [-0.1, -0.05) is 0 Å². The van der Waals surface area contributed by atoms with Gasteiger partial charge in [0.1, 0.15) is 11.3 Å². The fourth-order valence-electron chi connectivity index (χ4n) is 2.15. The van der Waals surface area contributed by atoms with Crippen LogP contribution in [0.4, 0.5) is 10.7 Å². The normalized spacial score (nSPS) is 10.6. The van der Waals surface area contributed by atoms with Crippen LogP contribution in [0, 0.1) is 0 Å². The predicted octanol–water partition coefficient (Wildman–Crippen LogP) is 1.90. The molecule has 3 aromatic rings. The Morgan fingerprint density at radius 2 is 2.32 bits per heavy atom. The summed E-state index contributed by atoms with van der Waals surface area (Å²) in [6.45, 7) is 2.39. The number of urea groups is 1. The Bertz CT molecular complexity index is 793. The number of amides is 2. The van der Waals surface area contributed by atoms with E-state index in [2.05, 4.69) is 25.7 Å². The Labute approximate surface area is 126 Å². The highest BCUT2D eigenvalue weighted by molar-refractivity contribution is 5.92. The lowest BCUT2D eigenvalue weighted by atomic mass is 10.2. The molecule has 0 spiro atoms. The first-order valence-corrected chi connectivity index (χ1v) is 6.84. The van der Waals surface area contributed by atoms with Crippen molar-refractivity contribution in [3.63, 3.8) is 0 Å².